The maximum Gasteiger partial charge on any atom is 0.257 e. The highest BCUT2D eigenvalue weighted by Gasteiger charge is 2.18. The molecule has 0 saturated heterocycles. The summed E-state index contributed by atoms with van der Waals surface area (Å²) in [6.45, 7) is 4.56. The van der Waals surface area contributed by atoms with Crippen LogP contribution in [0.2, 0.25) is 0 Å². The standard InChI is InChI=1S/C12H18N6OS/c1-6-8(7(2)18(4)16-6)5-15-12-9(11(19)14-3)10(13)17-20-12/h15H,5H2,1-4H3,(H2,13,17)(H,14,19). The number of aryl methyl sites for hydroxylation is 2. The Morgan fingerprint density at radius 3 is 2.70 bits per heavy atom. The zero-order valence-corrected chi connectivity index (χ0v) is 12.8. The lowest BCUT2D eigenvalue weighted by Gasteiger charge is -2.07. The molecule has 0 unspecified atom stereocenters. The number of carbonyl (C=O) groups is 1. The van der Waals surface area contributed by atoms with Gasteiger partial charge in [-0.25, -0.2) is 0 Å². The predicted molar refractivity (Wildman–Crippen MR) is 79.9 cm³/mol. The smallest absolute Gasteiger partial charge is 0.257 e. The largest absolute Gasteiger partial charge is 0.382 e. The molecular formula is C12H18N6OS. The maximum absolute atomic E-state index is 11.8. The summed E-state index contributed by atoms with van der Waals surface area (Å²) in [4.78, 5) is 11.8. The Hall–Kier alpha value is -2.09. The van der Waals surface area contributed by atoms with Crippen LogP contribution in [-0.4, -0.2) is 27.1 Å². The molecule has 0 radical (unpaired) electrons. The first-order valence-corrected chi connectivity index (χ1v) is 6.93. The zero-order chi connectivity index (χ0) is 14.9. The van der Waals surface area contributed by atoms with Gasteiger partial charge in [-0.3, -0.25) is 9.48 Å². The van der Waals surface area contributed by atoms with Crippen molar-refractivity contribution in [2.75, 3.05) is 18.1 Å². The maximum atomic E-state index is 11.8. The molecule has 2 aromatic rings. The number of nitrogens with two attached hydrogens (primary N) is 1. The number of aromatic nitrogens is 3. The Kier molecular flexibility index (Phi) is 3.93. The SMILES string of the molecule is CNC(=O)c1c(N)nsc1NCc1c(C)nn(C)c1C. The molecule has 108 valence electrons. The van der Waals surface area contributed by atoms with E-state index in [0.29, 0.717) is 17.1 Å². The highest BCUT2D eigenvalue weighted by molar-refractivity contribution is 7.11. The molecule has 0 aromatic carbocycles. The third kappa shape index (κ3) is 2.46. The van der Waals surface area contributed by atoms with Crippen molar-refractivity contribution >= 4 is 28.3 Å². The molecule has 0 atom stereocenters. The monoisotopic (exact) mass is 294 g/mol. The molecule has 0 saturated carbocycles. The number of nitrogen functional groups attached to an aromatic ring is 1. The van der Waals surface area contributed by atoms with E-state index in [1.54, 1.807) is 7.05 Å². The fourth-order valence-corrected chi connectivity index (χ4v) is 2.72. The summed E-state index contributed by atoms with van der Waals surface area (Å²) in [6, 6.07) is 0. The fourth-order valence-electron chi connectivity index (χ4n) is 2.01. The molecule has 7 nitrogen and oxygen atoms in total. The number of hydrogen-bond donors (Lipinski definition) is 3. The number of anilines is 2. The topological polar surface area (TPSA) is 97.9 Å². The van der Waals surface area contributed by atoms with Gasteiger partial charge >= 0.3 is 0 Å². The molecular weight excluding hydrogens is 276 g/mol. The quantitative estimate of drug-likeness (QED) is 0.783. The second-order valence-electron chi connectivity index (χ2n) is 4.48. The molecule has 20 heavy (non-hydrogen) atoms. The number of carbonyl (C=O) groups excluding carboxylic acids is 1. The minimum atomic E-state index is -0.238. The van der Waals surface area contributed by atoms with Gasteiger partial charge in [-0.05, 0) is 25.4 Å². The second-order valence-corrected chi connectivity index (χ2v) is 5.25. The average Bonchev–Trinajstić information content (AvgIpc) is 2.89. The van der Waals surface area contributed by atoms with Gasteiger partial charge in [0.2, 0.25) is 0 Å². The summed E-state index contributed by atoms with van der Waals surface area (Å²) in [5, 5.41) is 10.8. The molecule has 0 aliphatic heterocycles. The second kappa shape index (κ2) is 5.49. The van der Waals surface area contributed by atoms with Crippen molar-refractivity contribution in [1.82, 2.24) is 19.5 Å². The van der Waals surface area contributed by atoms with Gasteiger partial charge in [0.15, 0.2) is 5.82 Å². The van der Waals surface area contributed by atoms with Crippen molar-refractivity contribution in [3.05, 3.63) is 22.5 Å². The van der Waals surface area contributed by atoms with E-state index < -0.39 is 0 Å². The molecule has 1 amide bonds. The van der Waals surface area contributed by atoms with Crippen molar-refractivity contribution < 1.29 is 4.79 Å². The lowest BCUT2D eigenvalue weighted by molar-refractivity contribution is 0.0965. The number of hydrogen-bond acceptors (Lipinski definition) is 6. The Bertz CT molecular complexity index is 645. The summed E-state index contributed by atoms with van der Waals surface area (Å²) in [5.41, 5.74) is 9.31. The van der Waals surface area contributed by atoms with Crippen LogP contribution < -0.4 is 16.4 Å². The highest BCUT2D eigenvalue weighted by Crippen LogP contribution is 2.27. The van der Waals surface area contributed by atoms with Crippen LogP contribution in [0.5, 0.6) is 0 Å². The average molecular weight is 294 g/mol. The Labute approximate surface area is 121 Å². The van der Waals surface area contributed by atoms with E-state index in [2.05, 4.69) is 20.1 Å². The molecule has 0 spiro atoms. The van der Waals surface area contributed by atoms with Gasteiger partial charge in [0.05, 0.1) is 5.69 Å². The van der Waals surface area contributed by atoms with Gasteiger partial charge < -0.3 is 16.4 Å². The van der Waals surface area contributed by atoms with Crippen LogP contribution in [0, 0.1) is 13.8 Å². The van der Waals surface area contributed by atoms with Crippen molar-refractivity contribution in [2.24, 2.45) is 7.05 Å². The zero-order valence-electron chi connectivity index (χ0n) is 11.9. The minimum Gasteiger partial charge on any atom is -0.382 e. The molecule has 0 bridgehead atoms. The molecule has 0 fully saturated rings. The molecule has 2 rings (SSSR count). The van der Waals surface area contributed by atoms with Crippen molar-refractivity contribution in [3.8, 4) is 0 Å². The van der Waals surface area contributed by atoms with E-state index in [1.807, 2.05) is 25.6 Å². The van der Waals surface area contributed by atoms with Gasteiger partial charge in [-0.1, -0.05) is 0 Å². The van der Waals surface area contributed by atoms with Crippen LogP contribution in [0.25, 0.3) is 0 Å². The van der Waals surface area contributed by atoms with Crippen LogP contribution in [0.3, 0.4) is 0 Å². The van der Waals surface area contributed by atoms with Gasteiger partial charge in [0.1, 0.15) is 10.6 Å². The summed E-state index contributed by atoms with van der Waals surface area (Å²) < 4.78 is 5.86. The number of amides is 1. The van der Waals surface area contributed by atoms with Crippen LogP contribution >= 0.6 is 11.5 Å². The number of rotatable bonds is 4. The molecule has 4 N–H and O–H groups in total. The van der Waals surface area contributed by atoms with Crippen LogP contribution in [0.15, 0.2) is 0 Å². The number of nitrogens with zero attached hydrogens (tertiary/aromatic N) is 3. The molecule has 2 aromatic heterocycles. The van der Waals surface area contributed by atoms with Crippen LogP contribution in [0.4, 0.5) is 10.8 Å². The summed E-state index contributed by atoms with van der Waals surface area (Å²) >= 11 is 1.18. The molecule has 2 heterocycles. The Balaban J connectivity index is 2.22. The fraction of sp³-hybridized carbons (Fsp3) is 0.417. The lowest BCUT2D eigenvalue weighted by atomic mass is 10.2. The Morgan fingerprint density at radius 2 is 2.15 bits per heavy atom. The third-order valence-electron chi connectivity index (χ3n) is 3.26. The van der Waals surface area contributed by atoms with E-state index in [0.717, 1.165) is 17.0 Å². The van der Waals surface area contributed by atoms with Crippen molar-refractivity contribution in [2.45, 2.75) is 20.4 Å². The van der Waals surface area contributed by atoms with Crippen LogP contribution in [-0.2, 0) is 13.6 Å². The highest BCUT2D eigenvalue weighted by atomic mass is 32.1. The third-order valence-corrected chi connectivity index (χ3v) is 4.08. The van der Waals surface area contributed by atoms with E-state index in [1.165, 1.54) is 11.5 Å². The van der Waals surface area contributed by atoms with E-state index in [-0.39, 0.29) is 11.7 Å². The van der Waals surface area contributed by atoms with Gasteiger partial charge in [0, 0.05) is 31.9 Å². The van der Waals surface area contributed by atoms with Crippen LogP contribution in [0.1, 0.15) is 27.3 Å². The van der Waals surface area contributed by atoms with Crippen molar-refractivity contribution in [3.63, 3.8) is 0 Å². The van der Waals surface area contributed by atoms with E-state index in [9.17, 15) is 4.79 Å². The first-order chi connectivity index (χ1) is 9.45. The van der Waals surface area contributed by atoms with Gasteiger partial charge in [0.25, 0.3) is 5.91 Å². The summed E-state index contributed by atoms with van der Waals surface area (Å²) in [5.74, 6) is 0.00913. The first kappa shape index (κ1) is 14.3. The lowest BCUT2D eigenvalue weighted by Crippen LogP contribution is -2.20. The van der Waals surface area contributed by atoms with Crippen molar-refractivity contribution in [1.29, 1.82) is 0 Å². The van der Waals surface area contributed by atoms with Gasteiger partial charge in [-0.2, -0.15) is 9.47 Å². The molecule has 0 aliphatic carbocycles. The van der Waals surface area contributed by atoms with E-state index in [4.69, 9.17) is 5.73 Å². The first-order valence-electron chi connectivity index (χ1n) is 6.15. The minimum absolute atomic E-state index is 0.238. The number of nitrogens with one attached hydrogen (secondary N) is 2. The summed E-state index contributed by atoms with van der Waals surface area (Å²) in [6.07, 6.45) is 0. The molecule has 0 aliphatic rings. The summed E-state index contributed by atoms with van der Waals surface area (Å²) in [7, 11) is 3.48. The normalized spacial score (nSPS) is 10.6. The molecule has 8 heteroatoms. The Morgan fingerprint density at radius 1 is 1.45 bits per heavy atom. The van der Waals surface area contributed by atoms with E-state index >= 15 is 0 Å². The predicted octanol–water partition coefficient (Wildman–Crippen LogP) is 1.05. The van der Waals surface area contributed by atoms with Gasteiger partial charge in [-0.15, -0.1) is 0 Å².